The zero-order chi connectivity index (χ0) is 21.1. The summed E-state index contributed by atoms with van der Waals surface area (Å²) in [5.74, 6) is -0.367. The molecular formula is C20H22ClN5O3S. The number of nitrogens with zero attached hydrogens (tertiary/aromatic N) is 3. The van der Waals surface area contributed by atoms with Gasteiger partial charge in [-0.25, -0.2) is 4.98 Å². The van der Waals surface area contributed by atoms with Crippen LogP contribution in [0.15, 0.2) is 29.6 Å². The Balaban J connectivity index is 1.27. The summed E-state index contributed by atoms with van der Waals surface area (Å²) in [6.45, 7) is 2.77. The van der Waals surface area contributed by atoms with Gasteiger partial charge in [0.25, 0.3) is 0 Å². The number of rotatable bonds is 5. The molecule has 1 aromatic carbocycles. The molecule has 3 amide bonds. The standard InChI is InChI=1S/C20H22ClN5O3S/c21-13-2-1-3-15(10-13)25-6-8-26(9-7-25)18(28)11-14-12-30-20(22-14)24-19(29)16-4-5-17(27)23-16/h1-3,10,12,16H,4-9,11H2,(H,23,27)(H,22,24,29). The van der Waals surface area contributed by atoms with Gasteiger partial charge in [0.05, 0.1) is 12.1 Å². The third kappa shape index (κ3) is 4.91. The molecule has 4 rings (SSSR count). The van der Waals surface area contributed by atoms with Gasteiger partial charge in [0, 0.05) is 48.7 Å². The molecular weight excluding hydrogens is 426 g/mol. The van der Waals surface area contributed by atoms with Crippen LogP contribution in [0.25, 0.3) is 0 Å². The molecule has 1 aromatic heterocycles. The summed E-state index contributed by atoms with van der Waals surface area (Å²) in [4.78, 5) is 44.5. The lowest BCUT2D eigenvalue weighted by atomic mass is 10.2. The molecule has 1 atom stereocenters. The molecule has 2 aromatic rings. The molecule has 2 saturated heterocycles. The van der Waals surface area contributed by atoms with Gasteiger partial charge in [0.1, 0.15) is 6.04 Å². The molecule has 0 aliphatic carbocycles. The highest BCUT2D eigenvalue weighted by Crippen LogP contribution is 2.22. The largest absolute Gasteiger partial charge is 0.368 e. The number of carbonyl (C=O) groups excluding carboxylic acids is 3. The van der Waals surface area contributed by atoms with E-state index in [4.69, 9.17) is 11.6 Å². The van der Waals surface area contributed by atoms with Crippen molar-refractivity contribution in [1.82, 2.24) is 15.2 Å². The first-order valence-electron chi connectivity index (χ1n) is 9.81. The van der Waals surface area contributed by atoms with Crippen molar-refractivity contribution in [2.24, 2.45) is 0 Å². The zero-order valence-corrected chi connectivity index (χ0v) is 17.8. The topological polar surface area (TPSA) is 94.6 Å². The highest BCUT2D eigenvalue weighted by atomic mass is 35.5. The Morgan fingerprint density at radius 3 is 2.77 bits per heavy atom. The van der Waals surface area contributed by atoms with Crippen molar-refractivity contribution in [3.8, 4) is 0 Å². The van der Waals surface area contributed by atoms with Crippen LogP contribution in [0.5, 0.6) is 0 Å². The molecule has 8 nitrogen and oxygen atoms in total. The number of thiazole rings is 1. The number of anilines is 2. The third-order valence-corrected chi connectivity index (χ3v) is 6.27. The van der Waals surface area contributed by atoms with Crippen molar-refractivity contribution in [1.29, 1.82) is 0 Å². The molecule has 3 heterocycles. The van der Waals surface area contributed by atoms with E-state index in [1.807, 2.05) is 29.2 Å². The summed E-state index contributed by atoms with van der Waals surface area (Å²) in [5, 5.41) is 8.27. The van der Waals surface area contributed by atoms with Gasteiger partial charge in [-0.1, -0.05) is 17.7 Å². The predicted molar refractivity (Wildman–Crippen MR) is 116 cm³/mol. The number of nitrogens with one attached hydrogen (secondary N) is 2. The van der Waals surface area contributed by atoms with E-state index in [1.54, 1.807) is 5.38 Å². The van der Waals surface area contributed by atoms with Crippen molar-refractivity contribution in [3.05, 3.63) is 40.4 Å². The molecule has 1 unspecified atom stereocenters. The second-order valence-corrected chi connectivity index (χ2v) is 8.61. The minimum absolute atomic E-state index is 0.0203. The molecule has 158 valence electrons. The van der Waals surface area contributed by atoms with Crippen LogP contribution in [0.1, 0.15) is 18.5 Å². The maximum atomic E-state index is 12.7. The quantitative estimate of drug-likeness (QED) is 0.730. The van der Waals surface area contributed by atoms with E-state index >= 15 is 0 Å². The van der Waals surface area contributed by atoms with Gasteiger partial charge in [0.15, 0.2) is 5.13 Å². The Labute approximate surface area is 183 Å². The molecule has 0 spiro atoms. The number of carbonyl (C=O) groups is 3. The maximum Gasteiger partial charge on any atom is 0.248 e. The van der Waals surface area contributed by atoms with E-state index < -0.39 is 6.04 Å². The van der Waals surface area contributed by atoms with Crippen molar-refractivity contribution in [2.75, 3.05) is 36.4 Å². The van der Waals surface area contributed by atoms with Crippen LogP contribution < -0.4 is 15.5 Å². The van der Waals surface area contributed by atoms with Crippen molar-refractivity contribution >= 4 is 51.5 Å². The number of hydrogen-bond donors (Lipinski definition) is 2. The van der Waals surface area contributed by atoms with Crippen molar-refractivity contribution < 1.29 is 14.4 Å². The normalized spacial score (nSPS) is 19.0. The fraction of sp³-hybridized carbons (Fsp3) is 0.400. The first-order valence-corrected chi connectivity index (χ1v) is 11.1. The average Bonchev–Trinajstić information content (AvgIpc) is 3.37. The van der Waals surface area contributed by atoms with Gasteiger partial charge in [-0.05, 0) is 24.6 Å². The van der Waals surface area contributed by atoms with Gasteiger partial charge in [-0.15, -0.1) is 11.3 Å². The monoisotopic (exact) mass is 447 g/mol. The first-order chi connectivity index (χ1) is 14.5. The van der Waals surface area contributed by atoms with Crippen LogP contribution in [0.3, 0.4) is 0 Å². The highest BCUT2D eigenvalue weighted by molar-refractivity contribution is 7.13. The Morgan fingerprint density at radius 2 is 2.07 bits per heavy atom. The molecule has 30 heavy (non-hydrogen) atoms. The maximum absolute atomic E-state index is 12.7. The van der Waals surface area contributed by atoms with Crippen LogP contribution in [0.2, 0.25) is 5.02 Å². The fourth-order valence-electron chi connectivity index (χ4n) is 3.60. The SMILES string of the molecule is O=C1CCC(C(=O)Nc2nc(CC(=O)N3CCN(c4cccc(Cl)c4)CC3)cs2)N1. The van der Waals surface area contributed by atoms with E-state index in [9.17, 15) is 14.4 Å². The van der Waals surface area contributed by atoms with Crippen molar-refractivity contribution in [2.45, 2.75) is 25.3 Å². The number of benzene rings is 1. The van der Waals surface area contributed by atoms with Gasteiger partial charge in [-0.2, -0.15) is 0 Å². The number of halogens is 1. The second kappa shape index (κ2) is 9.01. The summed E-state index contributed by atoms with van der Waals surface area (Å²) < 4.78 is 0. The summed E-state index contributed by atoms with van der Waals surface area (Å²) in [6, 6.07) is 7.21. The lowest BCUT2D eigenvalue weighted by Gasteiger charge is -2.36. The lowest BCUT2D eigenvalue weighted by molar-refractivity contribution is -0.130. The van der Waals surface area contributed by atoms with E-state index in [0.29, 0.717) is 41.8 Å². The smallest absolute Gasteiger partial charge is 0.248 e. The van der Waals surface area contributed by atoms with Gasteiger partial charge in [-0.3, -0.25) is 14.4 Å². The molecule has 2 N–H and O–H groups in total. The third-order valence-electron chi connectivity index (χ3n) is 5.23. The lowest BCUT2D eigenvalue weighted by Crippen LogP contribution is -2.49. The number of hydrogen-bond acceptors (Lipinski definition) is 6. The Kier molecular flexibility index (Phi) is 6.19. The molecule has 2 aliphatic rings. The van der Waals surface area contributed by atoms with Gasteiger partial charge in [0.2, 0.25) is 17.7 Å². The van der Waals surface area contributed by atoms with Gasteiger partial charge < -0.3 is 20.4 Å². The minimum Gasteiger partial charge on any atom is -0.368 e. The molecule has 0 bridgehead atoms. The van der Waals surface area contributed by atoms with Crippen LogP contribution in [-0.4, -0.2) is 59.8 Å². The van der Waals surface area contributed by atoms with Crippen LogP contribution >= 0.6 is 22.9 Å². The Bertz CT molecular complexity index is 957. The number of amides is 3. The van der Waals surface area contributed by atoms with Gasteiger partial charge >= 0.3 is 0 Å². The summed E-state index contributed by atoms with van der Waals surface area (Å²) in [7, 11) is 0. The summed E-state index contributed by atoms with van der Waals surface area (Å²) in [5.41, 5.74) is 1.70. The first kappa shape index (κ1) is 20.6. The molecule has 2 aliphatic heterocycles. The molecule has 0 radical (unpaired) electrons. The fourth-order valence-corrected chi connectivity index (χ4v) is 4.50. The van der Waals surface area contributed by atoms with Crippen LogP contribution in [0, 0.1) is 0 Å². The van der Waals surface area contributed by atoms with E-state index in [0.717, 1.165) is 18.8 Å². The minimum atomic E-state index is -0.512. The second-order valence-electron chi connectivity index (χ2n) is 7.32. The van der Waals surface area contributed by atoms with E-state index in [2.05, 4.69) is 20.5 Å². The van der Waals surface area contributed by atoms with Crippen LogP contribution in [-0.2, 0) is 20.8 Å². The summed E-state index contributed by atoms with van der Waals surface area (Å²) >= 11 is 7.35. The predicted octanol–water partition coefficient (Wildman–Crippen LogP) is 1.90. The van der Waals surface area contributed by atoms with Crippen molar-refractivity contribution in [3.63, 3.8) is 0 Å². The molecule has 2 fully saturated rings. The zero-order valence-electron chi connectivity index (χ0n) is 16.3. The molecule has 0 saturated carbocycles. The average molecular weight is 448 g/mol. The Morgan fingerprint density at radius 1 is 1.27 bits per heavy atom. The van der Waals surface area contributed by atoms with Crippen LogP contribution in [0.4, 0.5) is 10.8 Å². The molecule has 10 heteroatoms. The number of piperazine rings is 1. The highest BCUT2D eigenvalue weighted by Gasteiger charge is 2.28. The van der Waals surface area contributed by atoms with E-state index in [-0.39, 0.29) is 24.1 Å². The Hall–Kier alpha value is -2.65. The number of aromatic nitrogens is 1. The van der Waals surface area contributed by atoms with E-state index in [1.165, 1.54) is 11.3 Å². The summed E-state index contributed by atoms with van der Waals surface area (Å²) in [6.07, 6.45) is 1.05.